The molecule has 3 nitrogen and oxygen atoms in total. The van der Waals surface area contributed by atoms with Gasteiger partial charge in [-0.1, -0.05) is 0 Å². The Morgan fingerprint density at radius 3 is 0.818 bits per heavy atom. The van der Waals surface area contributed by atoms with Crippen LogP contribution < -0.4 is 0 Å². The van der Waals surface area contributed by atoms with Gasteiger partial charge in [-0.15, -0.1) is 0 Å². The fourth-order valence-corrected chi connectivity index (χ4v) is 4.34. The van der Waals surface area contributed by atoms with Gasteiger partial charge in [0, 0.05) is 0 Å². The first-order valence-corrected chi connectivity index (χ1v) is 10.1. The summed E-state index contributed by atoms with van der Waals surface area (Å²) in [7, 11) is 0. The minimum atomic E-state index is -11.1. The van der Waals surface area contributed by atoms with Crippen molar-refractivity contribution in [1.82, 2.24) is 0 Å². The van der Waals surface area contributed by atoms with Crippen LogP contribution in [0.1, 0.15) is 0 Å². The Labute approximate surface area is 115 Å². The van der Waals surface area contributed by atoms with E-state index in [-0.39, 0.29) is 0 Å². The molecule has 22 heavy (non-hydrogen) atoms. The van der Waals surface area contributed by atoms with Gasteiger partial charge in [-0.25, -0.2) is 0 Å². The topological polar surface area (TPSA) is 27.7 Å². The molecule has 0 rings (SSSR count). The summed E-state index contributed by atoms with van der Waals surface area (Å²) in [4.78, 5) is 0. The van der Waals surface area contributed by atoms with Gasteiger partial charge in [0.1, 0.15) is 0 Å². The number of rotatable bonds is 6. The van der Waals surface area contributed by atoms with Crippen molar-refractivity contribution in [2.45, 2.75) is 18.5 Å². The van der Waals surface area contributed by atoms with E-state index < -0.39 is 56.7 Å². The summed E-state index contributed by atoms with van der Waals surface area (Å²) in [5, 5.41) is 0. The van der Waals surface area contributed by atoms with Crippen molar-refractivity contribution in [1.29, 1.82) is 0 Å². The van der Waals surface area contributed by atoms with Crippen LogP contribution in [0.5, 0.6) is 0 Å². The van der Waals surface area contributed by atoms with Crippen LogP contribution in [0.2, 0.25) is 0 Å². The molecule has 0 aromatic heterocycles. The van der Waals surface area contributed by atoms with Gasteiger partial charge in [-0.05, 0) is 0 Å². The van der Waals surface area contributed by atoms with Crippen LogP contribution in [0, 0.1) is 0 Å². The molecule has 0 atom stereocenters. The molecule has 0 amide bonds. The zero-order valence-electron chi connectivity index (χ0n) is 9.79. The Balaban J connectivity index is 5.42. The Bertz CT molecular complexity index is 342. The SMILES string of the molecule is FC(F)(F)CO[Te](F)(F)(F)(OCC(F)(F)F)OCC(F)(F)F. The van der Waals surface area contributed by atoms with Crippen molar-refractivity contribution in [2.75, 3.05) is 19.8 Å². The monoisotopic (exact) mass is 484 g/mol. The number of alkyl halides is 9. The molecule has 16 heteroatoms. The molecule has 0 N–H and O–H groups in total. The summed E-state index contributed by atoms with van der Waals surface area (Å²) in [6, 6.07) is 0. The summed E-state index contributed by atoms with van der Waals surface area (Å²) < 4.78 is 153. The quantitative estimate of drug-likeness (QED) is 0.425. The molecule has 0 aliphatic carbocycles. The first kappa shape index (κ1) is 21.8. The van der Waals surface area contributed by atoms with E-state index in [1.54, 1.807) is 0 Å². The van der Waals surface area contributed by atoms with Crippen molar-refractivity contribution < 1.29 is 57.5 Å². The zero-order valence-corrected chi connectivity index (χ0v) is 12.1. The number of hydrogen-bond donors (Lipinski definition) is 0. The van der Waals surface area contributed by atoms with E-state index in [0.29, 0.717) is 0 Å². The van der Waals surface area contributed by atoms with Gasteiger partial charge >= 0.3 is 114 Å². The van der Waals surface area contributed by atoms with E-state index in [2.05, 4.69) is 9.30 Å². The van der Waals surface area contributed by atoms with Crippen molar-refractivity contribution in [3.05, 3.63) is 0 Å². The van der Waals surface area contributed by atoms with Crippen LogP contribution in [-0.4, -0.2) is 56.7 Å². The third-order valence-electron chi connectivity index (χ3n) is 1.36. The molecule has 0 saturated heterocycles. The summed E-state index contributed by atoms with van der Waals surface area (Å²) in [6.07, 6.45) is -17.1. The Hall–Kier alpha value is -0.170. The van der Waals surface area contributed by atoms with Crippen LogP contribution in [0.4, 0.5) is 48.2 Å². The molecule has 0 unspecified atom stereocenters. The van der Waals surface area contributed by atoms with Crippen molar-refractivity contribution in [3.63, 3.8) is 0 Å². The van der Waals surface area contributed by atoms with E-state index in [1.807, 2.05) is 0 Å². The molecule has 0 saturated carbocycles. The maximum atomic E-state index is 13.4. The molecule has 0 heterocycles. The zero-order chi connectivity index (χ0) is 18.2. The molecule has 0 radical (unpaired) electrons. The van der Waals surface area contributed by atoms with Gasteiger partial charge in [0.05, 0.1) is 0 Å². The fourth-order valence-electron chi connectivity index (χ4n) is 0.647. The average molecular weight is 482 g/mol. The molecule has 0 aliphatic heterocycles. The molecule has 0 aliphatic rings. The predicted octanol–water partition coefficient (Wildman–Crippen LogP) is 3.97. The van der Waals surface area contributed by atoms with Crippen LogP contribution >= 0.6 is 0 Å². The normalized spacial score (nSPS) is 18.0. The molecule has 0 aromatic rings. The van der Waals surface area contributed by atoms with Crippen LogP contribution in [0.3, 0.4) is 0 Å². The minimum absolute atomic E-state index is 2.38. The summed E-state index contributed by atoms with van der Waals surface area (Å²) in [5.74, 6) is 0. The maximum absolute atomic E-state index is 13.4. The second-order valence-corrected chi connectivity index (χ2v) is 11.0. The first-order valence-electron chi connectivity index (χ1n) is 4.59. The number of halogens is 12. The van der Waals surface area contributed by atoms with E-state index in [9.17, 15) is 48.2 Å². The second-order valence-electron chi connectivity index (χ2n) is 3.58. The van der Waals surface area contributed by atoms with E-state index >= 15 is 0 Å². The summed E-state index contributed by atoms with van der Waals surface area (Å²) in [6.45, 7) is -9.67. The van der Waals surface area contributed by atoms with Crippen LogP contribution in [0.15, 0.2) is 0 Å². The van der Waals surface area contributed by atoms with E-state index in [4.69, 9.17) is 0 Å². The molecule has 0 fully saturated rings. The van der Waals surface area contributed by atoms with Crippen LogP contribution in [-0.2, 0) is 9.30 Å². The first-order chi connectivity index (χ1) is 9.15. The summed E-state index contributed by atoms with van der Waals surface area (Å²) in [5.41, 5.74) is 0. The van der Waals surface area contributed by atoms with Gasteiger partial charge in [0.25, 0.3) is 0 Å². The molecule has 0 bridgehead atoms. The molecule has 0 aromatic carbocycles. The Morgan fingerprint density at radius 1 is 0.500 bits per heavy atom. The van der Waals surface area contributed by atoms with Gasteiger partial charge in [-0.3, -0.25) is 0 Å². The van der Waals surface area contributed by atoms with Gasteiger partial charge in [0.2, 0.25) is 0 Å². The average Bonchev–Trinajstić information content (AvgIpc) is 2.21. The molecule has 138 valence electrons. The van der Waals surface area contributed by atoms with Crippen molar-refractivity contribution in [3.8, 4) is 0 Å². The fraction of sp³-hybridized carbons (Fsp3) is 1.00. The molecular formula is C6H6F12O3Te. The van der Waals surface area contributed by atoms with E-state index in [0.717, 1.165) is 0 Å². The molecular weight excluding hydrogens is 476 g/mol. The van der Waals surface area contributed by atoms with Gasteiger partial charge in [0.15, 0.2) is 0 Å². The standard InChI is InChI=1S/C6H6F12O3Te/c7-4(8,9)1-19-22(16,17,18,20-2-5(10,11)12)21-3-6(13,14)15/h1-3H2. The Kier molecular flexibility index (Phi) is 5.39. The van der Waals surface area contributed by atoms with Gasteiger partial charge in [-0.2, -0.15) is 0 Å². The summed E-state index contributed by atoms with van der Waals surface area (Å²) >= 11 is -11.1. The van der Waals surface area contributed by atoms with Crippen molar-refractivity contribution >= 4 is 18.4 Å². The Morgan fingerprint density at radius 2 is 0.682 bits per heavy atom. The van der Waals surface area contributed by atoms with Gasteiger partial charge < -0.3 is 0 Å². The third-order valence-corrected chi connectivity index (χ3v) is 6.30. The van der Waals surface area contributed by atoms with E-state index in [1.165, 1.54) is 0 Å². The predicted molar refractivity (Wildman–Crippen MR) is 45.1 cm³/mol. The van der Waals surface area contributed by atoms with Crippen LogP contribution in [0.25, 0.3) is 0 Å². The third kappa shape index (κ3) is 9.77. The molecule has 0 spiro atoms. The second kappa shape index (κ2) is 5.43. The number of hydrogen-bond acceptors (Lipinski definition) is 3. The van der Waals surface area contributed by atoms with Crippen molar-refractivity contribution in [2.24, 2.45) is 0 Å².